The van der Waals surface area contributed by atoms with E-state index >= 15 is 0 Å². The summed E-state index contributed by atoms with van der Waals surface area (Å²) in [5, 5.41) is 0. The zero-order valence-corrected chi connectivity index (χ0v) is 7.17. The van der Waals surface area contributed by atoms with E-state index in [4.69, 9.17) is 0 Å². The van der Waals surface area contributed by atoms with Crippen molar-refractivity contribution in [2.75, 3.05) is 7.05 Å². The van der Waals surface area contributed by atoms with E-state index in [0.717, 1.165) is 5.92 Å². The van der Waals surface area contributed by atoms with Crippen molar-refractivity contribution in [1.82, 2.24) is 0 Å². The van der Waals surface area contributed by atoms with E-state index in [2.05, 4.69) is 36.9 Å². The molecule has 0 aliphatic heterocycles. The standard InChI is InChI=1S/C9H10.CH5N/c1-7-6-8-4-2-3-5-9(7)8;1-2/h2-5,7H,6H2,1H3;2H2,1H3. The maximum Gasteiger partial charge on any atom is -0.0147 e. The van der Waals surface area contributed by atoms with Gasteiger partial charge in [-0.15, -0.1) is 0 Å². The minimum Gasteiger partial charge on any atom is -0.333 e. The normalized spacial score (nSPS) is 19.0. The van der Waals surface area contributed by atoms with Crippen molar-refractivity contribution < 1.29 is 0 Å². The molecule has 1 heteroatoms. The van der Waals surface area contributed by atoms with Crippen LogP contribution in [-0.4, -0.2) is 7.05 Å². The Kier molecular flexibility index (Phi) is 2.66. The van der Waals surface area contributed by atoms with Crippen LogP contribution >= 0.6 is 0 Å². The molecule has 1 unspecified atom stereocenters. The SMILES string of the molecule is CC1Cc2ccccc21.CN. The van der Waals surface area contributed by atoms with E-state index < -0.39 is 0 Å². The number of rotatable bonds is 0. The first-order chi connectivity index (χ1) is 5.38. The van der Waals surface area contributed by atoms with Gasteiger partial charge in [0, 0.05) is 0 Å². The molecule has 0 spiro atoms. The largest absolute Gasteiger partial charge is 0.333 e. The lowest BCUT2D eigenvalue weighted by atomic mass is 9.79. The molecule has 2 rings (SSSR count). The van der Waals surface area contributed by atoms with E-state index in [0.29, 0.717) is 0 Å². The van der Waals surface area contributed by atoms with Crippen LogP contribution in [0.25, 0.3) is 0 Å². The fraction of sp³-hybridized carbons (Fsp3) is 0.400. The zero-order valence-electron chi connectivity index (χ0n) is 7.17. The Labute approximate surface area is 68.2 Å². The van der Waals surface area contributed by atoms with Gasteiger partial charge in [-0.2, -0.15) is 0 Å². The molecule has 60 valence electrons. The molecular weight excluding hydrogens is 134 g/mol. The number of fused-ring (bicyclic) bond motifs is 1. The summed E-state index contributed by atoms with van der Waals surface area (Å²) < 4.78 is 0. The Balaban J connectivity index is 0.000000281. The highest BCUT2D eigenvalue weighted by Crippen LogP contribution is 2.33. The van der Waals surface area contributed by atoms with Crippen molar-refractivity contribution in [3.63, 3.8) is 0 Å². The fourth-order valence-electron chi connectivity index (χ4n) is 1.51. The van der Waals surface area contributed by atoms with Crippen molar-refractivity contribution in [2.45, 2.75) is 19.3 Å². The first-order valence-corrected chi connectivity index (χ1v) is 4.03. The number of hydrogen-bond donors (Lipinski definition) is 1. The average molecular weight is 149 g/mol. The molecule has 1 aromatic rings. The lowest BCUT2D eigenvalue weighted by Gasteiger charge is -2.25. The molecule has 0 saturated carbocycles. The number of nitrogens with two attached hydrogens (primary N) is 1. The van der Waals surface area contributed by atoms with Crippen LogP contribution < -0.4 is 5.73 Å². The molecule has 1 nitrogen and oxygen atoms in total. The second-order valence-electron chi connectivity index (χ2n) is 2.80. The topological polar surface area (TPSA) is 26.0 Å². The van der Waals surface area contributed by atoms with Crippen LogP contribution in [0.5, 0.6) is 0 Å². The Bertz CT molecular complexity index is 230. The first-order valence-electron chi connectivity index (χ1n) is 4.03. The van der Waals surface area contributed by atoms with Gasteiger partial charge in [0.25, 0.3) is 0 Å². The summed E-state index contributed by atoms with van der Waals surface area (Å²) in [7, 11) is 1.50. The molecule has 0 saturated heterocycles. The smallest absolute Gasteiger partial charge is 0.0147 e. The van der Waals surface area contributed by atoms with Gasteiger partial charge in [-0.1, -0.05) is 31.2 Å². The van der Waals surface area contributed by atoms with Crippen molar-refractivity contribution in [3.05, 3.63) is 35.4 Å². The Hall–Kier alpha value is -0.820. The molecule has 1 atom stereocenters. The molecule has 2 N–H and O–H groups in total. The minimum atomic E-state index is 0.821. The van der Waals surface area contributed by atoms with Gasteiger partial charge in [0.15, 0.2) is 0 Å². The molecule has 0 radical (unpaired) electrons. The number of benzene rings is 1. The second-order valence-corrected chi connectivity index (χ2v) is 2.80. The molecule has 0 fully saturated rings. The van der Waals surface area contributed by atoms with Gasteiger partial charge in [-0.05, 0) is 30.5 Å². The first kappa shape index (κ1) is 8.28. The van der Waals surface area contributed by atoms with Gasteiger partial charge in [0.2, 0.25) is 0 Å². The Morgan fingerprint density at radius 3 is 2.36 bits per heavy atom. The Morgan fingerprint density at radius 1 is 1.27 bits per heavy atom. The van der Waals surface area contributed by atoms with Crippen LogP contribution in [0.15, 0.2) is 24.3 Å². The summed E-state index contributed by atoms with van der Waals surface area (Å²) in [6.45, 7) is 2.28. The highest BCUT2D eigenvalue weighted by atomic mass is 14.4. The van der Waals surface area contributed by atoms with Crippen LogP contribution in [0.1, 0.15) is 24.0 Å². The van der Waals surface area contributed by atoms with Gasteiger partial charge < -0.3 is 5.73 Å². The van der Waals surface area contributed by atoms with E-state index in [9.17, 15) is 0 Å². The lowest BCUT2D eigenvalue weighted by molar-refractivity contribution is 0.667. The fourth-order valence-corrected chi connectivity index (χ4v) is 1.51. The lowest BCUT2D eigenvalue weighted by Crippen LogP contribution is -2.12. The van der Waals surface area contributed by atoms with E-state index in [1.165, 1.54) is 13.5 Å². The third-order valence-electron chi connectivity index (χ3n) is 2.11. The monoisotopic (exact) mass is 149 g/mol. The van der Waals surface area contributed by atoms with Gasteiger partial charge in [-0.25, -0.2) is 0 Å². The van der Waals surface area contributed by atoms with Crippen LogP contribution in [-0.2, 0) is 6.42 Å². The predicted octanol–water partition coefficient (Wildman–Crippen LogP) is 1.92. The van der Waals surface area contributed by atoms with Crippen molar-refractivity contribution in [2.24, 2.45) is 5.73 Å². The summed E-state index contributed by atoms with van der Waals surface area (Å²) in [4.78, 5) is 0. The number of hydrogen-bond acceptors (Lipinski definition) is 1. The Morgan fingerprint density at radius 2 is 1.91 bits per heavy atom. The molecule has 11 heavy (non-hydrogen) atoms. The van der Waals surface area contributed by atoms with Crippen LogP contribution in [0.2, 0.25) is 0 Å². The maximum atomic E-state index is 4.50. The highest BCUT2D eigenvalue weighted by molar-refractivity contribution is 5.38. The predicted molar refractivity (Wildman–Crippen MR) is 48.7 cm³/mol. The molecule has 0 aromatic heterocycles. The van der Waals surface area contributed by atoms with Crippen LogP contribution in [0.3, 0.4) is 0 Å². The average Bonchev–Trinajstić information content (AvgIpc) is 2.07. The van der Waals surface area contributed by atoms with Crippen LogP contribution in [0, 0.1) is 0 Å². The molecule has 1 aromatic carbocycles. The summed E-state index contributed by atoms with van der Waals surface area (Å²) in [5.74, 6) is 0.821. The molecule has 0 bridgehead atoms. The third kappa shape index (κ3) is 1.43. The second kappa shape index (κ2) is 3.54. The summed E-state index contributed by atoms with van der Waals surface area (Å²) in [5.41, 5.74) is 7.60. The summed E-state index contributed by atoms with van der Waals surface area (Å²) in [6, 6.07) is 8.68. The zero-order chi connectivity index (χ0) is 8.27. The molecule has 0 amide bonds. The molecular formula is C10H15N. The van der Waals surface area contributed by atoms with E-state index in [-0.39, 0.29) is 0 Å². The van der Waals surface area contributed by atoms with E-state index in [1.807, 2.05) is 0 Å². The maximum absolute atomic E-state index is 4.50. The van der Waals surface area contributed by atoms with Crippen molar-refractivity contribution in [1.29, 1.82) is 0 Å². The van der Waals surface area contributed by atoms with Gasteiger partial charge in [0.05, 0.1) is 0 Å². The van der Waals surface area contributed by atoms with Crippen molar-refractivity contribution >= 4 is 0 Å². The summed E-state index contributed by atoms with van der Waals surface area (Å²) >= 11 is 0. The van der Waals surface area contributed by atoms with Crippen molar-refractivity contribution in [3.8, 4) is 0 Å². The van der Waals surface area contributed by atoms with Crippen LogP contribution in [0.4, 0.5) is 0 Å². The molecule has 0 heterocycles. The molecule has 1 aliphatic carbocycles. The van der Waals surface area contributed by atoms with Gasteiger partial charge in [0.1, 0.15) is 0 Å². The van der Waals surface area contributed by atoms with Gasteiger partial charge in [-0.3, -0.25) is 0 Å². The highest BCUT2D eigenvalue weighted by Gasteiger charge is 2.19. The quantitative estimate of drug-likeness (QED) is 0.599. The summed E-state index contributed by atoms with van der Waals surface area (Å²) in [6.07, 6.45) is 1.29. The van der Waals surface area contributed by atoms with Gasteiger partial charge >= 0.3 is 0 Å². The minimum absolute atomic E-state index is 0.821. The van der Waals surface area contributed by atoms with E-state index in [1.54, 1.807) is 11.1 Å². The molecule has 1 aliphatic rings. The third-order valence-corrected chi connectivity index (χ3v) is 2.11.